The molecule has 1 atom stereocenters. The third-order valence-corrected chi connectivity index (χ3v) is 2.55. The first-order valence-electron chi connectivity index (χ1n) is 3.10. The summed E-state index contributed by atoms with van der Waals surface area (Å²) < 4.78 is 1.24. The molecule has 0 spiro atoms. The molecule has 10 heavy (non-hydrogen) atoms. The lowest BCUT2D eigenvalue weighted by atomic mass is 10.2. The lowest BCUT2D eigenvalue weighted by Crippen LogP contribution is -1.86. The molecule has 1 unspecified atom stereocenters. The van der Waals surface area contributed by atoms with Gasteiger partial charge < -0.3 is 0 Å². The number of benzene rings is 1. The highest BCUT2D eigenvalue weighted by Crippen LogP contribution is 2.23. The Labute approximate surface area is 79.7 Å². The van der Waals surface area contributed by atoms with Gasteiger partial charge in [-0.25, -0.2) is 0 Å². The van der Waals surface area contributed by atoms with Crippen LogP contribution in [0.2, 0.25) is 0 Å². The van der Waals surface area contributed by atoms with E-state index in [1.807, 2.05) is 19.1 Å². The van der Waals surface area contributed by atoms with E-state index < -0.39 is 0 Å². The lowest BCUT2D eigenvalue weighted by molar-refractivity contribution is 1.07. The van der Waals surface area contributed by atoms with E-state index in [1.165, 1.54) is 9.13 Å². The first-order chi connectivity index (χ1) is 4.72. The van der Waals surface area contributed by atoms with E-state index in [0.717, 1.165) is 0 Å². The fourth-order valence-corrected chi connectivity index (χ4v) is 2.03. The smallest absolute Gasteiger partial charge is 0.0567 e. The van der Waals surface area contributed by atoms with Crippen LogP contribution in [-0.4, -0.2) is 0 Å². The molecule has 0 aliphatic heterocycles. The van der Waals surface area contributed by atoms with Gasteiger partial charge in [0.2, 0.25) is 0 Å². The second kappa shape index (κ2) is 3.58. The summed E-state index contributed by atoms with van der Waals surface area (Å²) in [7, 11) is 0. The largest absolute Gasteiger partial charge is 0.118 e. The van der Waals surface area contributed by atoms with Crippen LogP contribution in [-0.2, 0) is 0 Å². The third-order valence-electron chi connectivity index (χ3n) is 1.33. The van der Waals surface area contributed by atoms with Gasteiger partial charge in [0, 0.05) is 3.57 Å². The average molecular weight is 267 g/mol. The topological polar surface area (TPSA) is 0 Å². The minimum atomic E-state index is 0.119. The molecule has 0 N–H and O–H groups in total. The molecule has 1 rings (SSSR count). The number of rotatable bonds is 1. The molecule has 0 bridgehead atoms. The van der Waals surface area contributed by atoms with Crippen LogP contribution in [0.25, 0.3) is 0 Å². The summed E-state index contributed by atoms with van der Waals surface area (Å²) in [6.07, 6.45) is 0. The SMILES string of the molecule is CC(Cl)c1ccccc1I. The van der Waals surface area contributed by atoms with Crippen LogP contribution in [0.5, 0.6) is 0 Å². The second-order valence-corrected chi connectivity index (χ2v) is 3.95. The Balaban J connectivity index is 3.03. The second-order valence-electron chi connectivity index (χ2n) is 2.14. The molecule has 0 fully saturated rings. The third kappa shape index (κ3) is 1.86. The van der Waals surface area contributed by atoms with E-state index in [4.69, 9.17) is 11.6 Å². The number of hydrogen-bond donors (Lipinski definition) is 0. The van der Waals surface area contributed by atoms with Gasteiger partial charge >= 0.3 is 0 Å². The fraction of sp³-hybridized carbons (Fsp3) is 0.250. The van der Waals surface area contributed by atoms with Crippen molar-refractivity contribution in [3.05, 3.63) is 33.4 Å². The summed E-state index contributed by atoms with van der Waals surface area (Å²) in [6, 6.07) is 8.15. The molecule has 1 aromatic carbocycles. The standard InChI is InChI=1S/C8H8ClI/c1-6(9)7-4-2-3-5-8(7)10/h2-6H,1H3. The molecule has 0 nitrogen and oxygen atoms in total. The van der Waals surface area contributed by atoms with Gasteiger partial charge in [0.15, 0.2) is 0 Å². The van der Waals surface area contributed by atoms with Crippen molar-refractivity contribution in [2.24, 2.45) is 0 Å². The van der Waals surface area contributed by atoms with Gasteiger partial charge in [0.25, 0.3) is 0 Å². The van der Waals surface area contributed by atoms with Crippen LogP contribution in [0.1, 0.15) is 17.9 Å². The van der Waals surface area contributed by atoms with Crippen LogP contribution >= 0.6 is 34.2 Å². The first-order valence-corrected chi connectivity index (χ1v) is 4.62. The molecule has 0 heterocycles. The Bertz CT molecular complexity index is 220. The van der Waals surface area contributed by atoms with E-state index in [-0.39, 0.29) is 5.38 Å². The van der Waals surface area contributed by atoms with Gasteiger partial charge in [-0.1, -0.05) is 18.2 Å². The molecule has 0 radical (unpaired) electrons. The lowest BCUT2D eigenvalue weighted by Gasteiger charge is -2.04. The van der Waals surface area contributed by atoms with Gasteiger partial charge in [-0.05, 0) is 41.1 Å². The fourth-order valence-electron chi connectivity index (χ4n) is 0.798. The Kier molecular flexibility index (Phi) is 2.98. The highest BCUT2D eigenvalue weighted by Gasteiger charge is 2.02. The Hall–Kier alpha value is 0.240. The molecule has 0 aromatic heterocycles. The van der Waals surface area contributed by atoms with Crippen molar-refractivity contribution in [1.29, 1.82) is 0 Å². The highest BCUT2D eigenvalue weighted by atomic mass is 127. The van der Waals surface area contributed by atoms with E-state index in [1.54, 1.807) is 0 Å². The highest BCUT2D eigenvalue weighted by molar-refractivity contribution is 14.1. The van der Waals surface area contributed by atoms with Gasteiger partial charge in [-0.3, -0.25) is 0 Å². The average Bonchev–Trinajstić information content (AvgIpc) is 1.88. The van der Waals surface area contributed by atoms with Crippen molar-refractivity contribution in [2.75, 3.05) is 0 Å². The molecule has 54 valence electrons. The summed E-state index contributed by atoms with van der Waals surface area (Å²) in [5.74, 6) is 0. The van der Waals surface area contributed by atoms with Gasteiger partial charge in [-0.2, -0.15) is 0 Å². The molecule has 1 aromatic rings. The summed E-state index contributed by atoms with van der Waals surface area (Å²) in [5.41, 5.74) is 1.21. The van der Waals surface area contributed by atoms with E-state index in [2.05, 4.69) is 34.7 Å². The van der Waals surface area contributed by atoms with Crippen molar-refractivity contribution in [2.45, 2.75) is 12.3 Å². The van der Waals surface area contributed by atoms with Crippen LogP contribution in [0, 0.1) is 3.57 Å². The summed E-state index contributed by atoms with van der Waals surface area (Å²) in [5, 5.41) is 0.119. The molecule has 2 heteroatoms. The molecule has 0 saturated heterocycles. The zero-order chi connectivity index (χ0) is 7.56. The Morgan fingerprint density at radius 1 is 1.40 bits per heavy atom. The Morgan fingerprint density at radius 3 is 2.40 bits per heavy atom. The van der Waals surface area contributed by atoms with E-state index in [0.29, 0.717) is 0 Å². The maximum absolute atomic E-state index is 5.90. The van der Waals surface area contributed by atoms with Crippen molar-refractivity contribution in [1.82, 2.24) is 0 Å². The van der Waals surface area contributed by atoms with Gasteiger partial charge in [0.05, 0.1) is 5.38 Å². The van der Waals surface area contributed by atoms with Gasteiger partial charge in [0.1, 0.15) is 0 Å². The first kappa shape index (κ1) is 8.34. The molecule has 0 amide bonds. The number of alkyl halides is 1. The predicted molar refractivity (Wildman–Crippen MR) is 53.4 cm³/mol. The minimum absolute atomic E-state index is 0.119. The normalized spacial score (nSPS) is 13.1. The zero-order valence-corrected chi connectivity index (χ0v) is 8.56. The monoisotopic (exact) mass is 266 g/mol. The van der Waals surface area contributed by atoms with E-state index >= 15 is 0 Å². The van der Waals surface area contributed by atoms with E-state index in [9.17, 15) is 0 Å². The maximum Gasteiger partial charge on any atom is 0.0567 e. The molecule has 0 aliphatic carbocycles. The van der Waals surface area contributed by atoms with Crippen LogP contribution in [0.3, 0.4) is 0 Å². The molecular weight excluding hydrogens is 258 g/mol. The van der Waals surface area contributed by atoms with Crippen LogP contribution in [0.15, 0.2) is 24.3 Å². The predicted octanol–water partition coefficient (Wildman–Crippen LogP) is 3.59. The van der Waals surface area contributed by atoms with Gasteiger partial charge in [-0.15, -0.1) is 11.6 Å². The quantitative estimate of drug-likeness (QED) is 0.538. The Morgan fingerprint density at radius 2 is 2.00 bits per heavy atom. The number of halogens is 2. The summed E-state index contributed by atoms with van der Waals surface area (Å²) >= 11 is 8.19. The van der Waals surface area contributed by atoms with Crippen LogP contribution < -0.4 is 0 Å². The van der Waals surface area contributed by atoms with Crippen LogP contribution in [0.4, 0.5) is 0 Å². The van der Waals surface area contributed by atoms with Crippen molar-refractivity contribution in [3.8, 4) is 0 Å². The molecule has 0 aliphatic rings. The minimum Gasteiger partial charge on any atom is -0.118 e. The maximum atomic E-state index is 5.90. The number of hydrogen-bond acceptors (Lipinski definition) is 0. The zero-order valence-electron chi connectivity index (χ0n) is 5.64. The summed E-state index contributed by atoms with van der Waals surface area (Å²) in [6.45, 7) is 1.99. The summed E-state index contributed by atoms with van der Waals surface area (Å²) in [4.78, 5) is 0. The molecular formula is C8H8ClI. The van der Waals surface area contributed by atoms with Crippen molar-refractivity contribution >= 4 is 34.2 Å². The van der Waals surface area contributed by atoms with Crippen molar-refractivity contribution in [3.63, 3.8) is 0 Å². The molecule has 0 saturated carbocycles. The van der Waals surface area contributed by atoms with Crippen molar-refractivity contribution < 1.29 is 0 Å².